The predicted octanol–water partition coefficient (Wildman–Crippen LogP) is 4.33. The fourth-order valence-corrected chi connectivity index (χ4v) is 2.08. The molecule has 2 aromatic rings. The summed E-state index contributed by atoms with van der Waals surface area (Å²) in [6.07, 6.45) is 0. The molecule has 0 fully saturated rings. The van der Waals surface area contributed by atoms with Crippen LogP contribution in [0.2, 0.25) is 0 Å². The van der Waals surface area contributed by atoms with Gasteiger partial charge in [-0.2, -0.15) is 0 Å². The smallest absolute Gasteiger partial charge is 0.159 e. The summed E-state index contributed by atoms with van der Waals surface area (Å²) in [5.74, 6) is -1.06. The summed E-state index contributed by atoms with van der Waals surface area (Å²) in [5.41, 5.74) is 1.21. The maximum atomic E-state index is 14.1. The molecule has 0 N–H and O–H groups in total. The van der Waals surface area contributed by atoms with E-state index in [-0.39, 0.29) is 11.6 Å². The Kier molecular flexibility index (Phi) is 4.13. The predicted molar refractivity (Wildman–Crippen MR) is 75.5 cm³/mol. The standard InChI is InChI=1S/C16H15F2NO/c1-3-19(14-6-4-5-13(17)10-14)16-8-7-12(11(2)20)9-15(16)18/h4-10H,3H2,1-2H3. The molecular weight excluding hydrogens is 260 g/mol. The van der Waals surface area contributed by atoms with Crippen LogP contribution in [0.4, 0.5) is 20.2 Å². The molecule has 0 saturated heterocycles. The number of hydrogen-bond acceptors (Lipinski definition) is 2. The summed E-state index contributed by atoms with van der Waals surface area (Å²) in [6, 6.07) is 10.3. The Hall–Kier alpha value is -2.23. The molecule has 104 valence electrons. The van der Waals surface area contributed by atoms with Gasteiger partial charge in [0.15, 0.2) is 5.78 Å². The monoisotopic (exact) mass is 275 g/mol. The first-order chi connectivity index (χ1) is 9.52. The summed E-state index contributed by atoms with van der Waals surface area (Å²) in [6.45, 7) is 3.72. The Labute approximate surface area is 116 Å². The molecular formula is C16H15F2NO. The molecule has 0 unspecified atom stereocenters. The highest BCUT2D eigenvalue weighted by Gasteiger charge is 2.14. The van der Waals surface area contributed by atoms with Crippen molar-refractivity contribution in [3.8, 4) is 0 Å². The second-order valence-corrected chi connectivity index (χ2v) is 4.45. The van der Waals surface area contributed by atoms with Crippen molar-refractivity contribution in [1.29, 1.82) is 0 Å². The minimum atomic E-state index is -0.496. The van der Waals surface area contributed by atoms with Gasteiger partial charge >= 0.3 is 0 Å². The molecule has 2 aromatic carbocycles. The van der Waals surface area contributed by atoms with E-state index in [1.165, 1.54) is 25.1 Å². The van der Waals surface area contributed by atoms with Gasteiger partial charge in [-0.3, -0.25) is 4.79 Å². The minimum absolute atomic E-state index is 0.191. The van der Waals surface area contributed by atoms with Crippen LogP contribution in [0.3, 0.4) is 0 Å². The molecule has 0 aliphatic heterocycles. The van der Waals surface area contributed by atoms with E-state index < -0.39 is 5.82 Å². The molecule has 0 bridgehead atoms. The lowest BCUT2D eigenvalue weighted by molar-refractivity contribution is 0.101. The van der Waals surface area contributed by atoms with Gasteiger partial charge in [0.1, 0.15) is 11.6 Å². The van der Waals surface area contributed by atoms with E-state index in [0.717, 1.165) is 0 Å². The molecule has 0 heterocycles. The zero-order valence-electron chi connectivity index (χ0n) is 11.4. The molecule has 0 spiro atoms. The van der Waals surface area contributed by atoms with Crippen LogP contribution in [-0.2, 0) is 0 Å². The van der Waals surface area contributed by atoms with E-state index in [0.29, 0.717) is 23.5 Å². The molecule has 0 amide bonds. The van der Waals surface area contributed by atoms with Gasteiger partial charge in [-0.1, -0.05) is 6.07 Å². The summed E-state index contributed by atoms with van der Waals surface area (Å²) >= 11 is 0. The molecule has 0 aromatic heterocycles. The Morgan fingerprint density at radius 1 is 1.15 bits per heavy atom. The van der Waals surface area contributed by atoms with Crippen LogP contribution in [-0.4, -0.2) is 12.3 Å². The van der Waals surface area contributed by atoms with E-state index in [2.05, 4.69) is 0 Å². The molecule has 0 aliphatic rings. The number of Topliss-reactive ketones (excluding diaryl/α,β-unsaturated/α-hetero) is 1. The van der Waals surface area contributed by atoms with Crippen molar-refractivity contribution in [2.75, 3.05) is 11.4 Å². The second kappa shape index (κ2) is 5.82. The number of carbonyl (C=O) groups excluding carboxylic acids is 1. The van der Waals surface area contributed by atoms with Crippen molar-refractivity contribution in [2.45, 2.75) is 13.8 Å². The lowest BCUT2D eigenvalue weighted by Crippen LogP contribution is -2.17. The SMILES string of the molecule is CCN(c1cccc(F)c1)c1ccc(C(C)=O)cc1F. The normalized spacial score (nSPS) is 10.4. The van der Waals surface area contributed by atoms with E-state index in [4.69, 9.17) is 0 Å². The van der Waals surface area contributed by atoms with Crippen LogP contribution in [0.25, 0.3) is 0 Å². The molecule has 2 rings (SSSR count). The minimum Gasteiger partial charge on any atom is -0.339 e. The maximum absolute atomic E-state index is 14.1. The lowest BCUT2D eigenvalue weighted by atomic mass is 10.1. The number of carbonyl (C=O) groups is 1. The third-order valence-electron chi connectivity index (χ3n) is 3.08. The van der Waals surface area contributed by atoms with E-state index in [1.54, 1.807) is 29.2 Å². The van der Waals surface area contributed by atoms with Crippen LogP contribution in [0.5, 0.6) is 0 Å². The third kappa shape index (κ3) is 2.85. The Morgan fingerprint density at radius 2 is 1.90 bits per heavy atom. The van der Waals surface area contributed by atoms with Crippen molar-refractivity contribution in [1.82, 2.24) is 0 Å². The van der Waals surface area contributed by atoms with Crippen LogP contribution in [0.15, 0.2) is 42.5 Å². The largest absolute Gasteiger partial charge is 0.339 e. The average molecular weight is 275 g/mol. The number of rotatable bonds is 4. The first kappa shape index (κ1) is 14.2. The van der Waals surface area contributed by atoms with Gasteiger partial charge in [-0.05, 0) is 50.2 Å². The number of anilines is 2. The fourth-order valence-electron chi connectivity index (χ4n) is 2.08. The average Bonchev–Trinajstić information content (AvgIpc) is 2.41. The van der Waals surface area contributed by atoms with Crippen molar-refractivity contribution >= 4 is 17.2 Å². The van der Waals surface area contributed by atoms with Gasteiger partial charge in [-0.25, -0.2) is 8.78 Å². The molecule has 2 nitrogen and oxygen atoms in total. The number of halogens is 2. The van der Waals surface area contributed by atoms with Gasteiger partial charge in [-0.15, -0.1) is 0 Å². The second-order valence-electron chi connectivity index (χ2n) is 4.45. The maximum Gasteiger partial charge on any atom is 0.159 e. The zero-order valence-corrected chi connectivity index (χ0v) is 11.4. The van der Waals surface area contributed by atoms with Gasteiger partial charge in [0.25, 0.3) is 0 Å². The number of benzene rings is 2. The fraction of sp³-hybridized carbons (Fsp3) is 0.188. The number of ketones is 1. The molecule has 0 aliphatic carbocycles. The Morgan fingerprint density at radius 3 is 2.45 bits per heavy atom. The Balaban J connectivity index is 2.44. The molecule has 0 atom stereocenters. The zero-order chi connectivity index (χ0) is 14.7. The molecule has 0 saturated carbocycles. The number of hydrogen-bond donors (Lipinski definition) is 0. The first-order valence-corrected chi connectivity index (χ1v) is 6.36. The van der Waals surface area contributed by atoms with Crippen LogP contribution in [0, 0.1) is 11.6 Å². The van der Waals surface area contributed by atoms with Gasteiger partial charge < -0.3 is 4.90 Å². The van der Waals surface area contributed by atoms with E-state index in [1.807, 2.05) is 6.92 Å². The van der Waals surface area contributed by atoms with Gasteiger partial charge in [0, 0.05) is 17.8 Å². The molecule has 4 heteroatoms. The van der Waals surface area contributed by atoms with Gasteiger partial charge in [0.05, 0.1) is 5.69 Å². The first-order valence-electron chi connectivity index (χ1n) is 6.36. The lowest BCUT2D eigenvalue weighted by Gasteiger charge is -2.24. The Bertz CT molecular complexity index is 640. The summed E-state index contributed by atoms with van der Waals surface area (Å²) in [7, 11) is 0. The summed E-state index contributed by atoms with van der Waals surface area (Å²) in [4.78, 5) is 12.9. The summed E-state index contributed by atoms with van der Waals surface area (Å²) < 4.78 is 27.4. The quantitative estimate of drug-likeness (QED) is 0.774. The van der Waals surface area contributed by atoms with Crippen molar-refractivity contribution in [3.63, 3.8) is 0 Å². The van der Waals surface area contributed by atoms with Crippen molar-refractivity contribution < 1.29 is 13.6 Å². The highest BCUT2D eigenvalue weighted by atomic mass is 19.1. The third-order valence-corrected chi connectivity index (χ3v) is 3.08. The van der Waals surface area contributed by atoms with Crippen molar-refractivity contribution in [2.24, 2.45) is 0 Å². The highest BCUT2D eigenvalue weighted by Crippen LogP contribution is 2.28. The van der Waals surface area contributed by atoms with E-state index in [9.17, 15) is 13.6 Å². The van der Waals surface area contributed by atoms with E-state index >= 15 is 0 Å². The van der Waals surface area contributed by atoms with Crippen LogP contribution < -0.4 is 4.90 Å². The van der Waals surface area contributed by atoms with Crippen LogP contribution >= 0.6 is 0 Å². The summed E-state index contributed by atoms with van der Waals surface area (Å²) in [5, 5.41) is 0. The van der Waals surface area contributed by atoms with Crippen LogP contribution in [0.1, 0.15) is 24.2 Å². The van der Waals surface area contributed by atoms with Gasteiger partial charge in [0.2, 0.25) is 0 Å². The number of nitrogens with zero attached hydrogens (tertiary/aromatic N) is 1. The topological polar surface area (TPSA) is 20.3 Å². The van der Waals surface area contributed by atoms with Crippen molar-refractivity contribution in [3.05, 3.63) is 59.7 Å². The highest BCUT2D eigenvalue weighted by molar-refractivity contribution is 5.94. The molecule has 20 heavy (non-hydrogen) atoms. The molecule has 0 radical (unpaired) electrons.